The van der Waals surface area contributed by atoms with Crippen molar-refractivity contribution in [1.82, 2.24) is 10.6 Å². The minimum Gasteiger partial charge on any atom is -0.353 e. The Kier molecular flexibility index (Phi) is 6.02. The van der Waals surface area contributed by atoms with E-state index in [-0.39, 0.29) is 24.4 Å². The maximum Gasteiger partial charge on any atom is 0.234 e. The van der Waals surface area contributed by atoms with Gasteiger partial charge in [-0.1, -0.05) is 18.2 Å². The number of carbonyl (C=O) groups is 2. The molecule has 0 aliphatic carbocycles. The second-order valence-electron chi connectivity index (χ2n) is 4.66. The molecule has 0 unspecified atom stereocenters. The summed E-state index contributed by atoms with van der Waals surface area (Å²) in [6.45, 7) is 6.10. The second kappa shape index (κ2) is 7.53. The molecule has 0 fully saturated rings. The molecule has 0 aliphatic rings. The molecule has 0 radical (unpaired) electrons. The third-order valence-electron chi connectivity index (χ3n) is 2.38. The summed E-state index contributed by atoms with van der Waals surface area (Å²) in [5.41, 5.74) is 1.72. The summed E-state index contributed by atoms with van der Waals surface area (Å²) in [5.74, 6) is -0.142. The molecule has 0 aromatic heterocycles. The zero-order valence-electron chi connectivity index (χ0n) is 11.6. The van der Waals surface area contributed by atoms with E-state index in [1.807, 2.05) is 38.1 Å². The molecule has 19 heavy (non-hydrogen) atoms. The fourth-order valence-corrected chi connectivity index (χ4v) is 1.67. The molecule has 1 rings (SSSR count). The first-order chi connectivity index (χ1) is 8.99. The highest BCUT2D eigenvalue weighted by molar-refractivity contribution is 5.89. The molecule has 0 bridgehead atoms. The Morgan fingerprint density at radius 1 is 1.21 bits per heavy atom. The number of amides is 2. The van der Waals surface area contributed by atoms with Crippen molar-refractivity contribution in [2.45, 2.75) is 33.4 Å². The van der Waals surface area contributed by atoms with Crippen molar-refractivity contribution in [3.05, 3.63) is 29.8 Å². The molecule has 1 aromatic rings. The molecule has 0 spiro atoms. The lowest BCUT2D eigenvalue weighted by molar-refractivity contribution is -0.120. The monoisotopic (exact) mass is 263 g/mol. The van der Waals surface area contributed by atoms with Crippen molar-refractivity contribution in [3.63, 3.8) is 0 Å². The van der Waals surface area contributed by atoms with Crippen LogP contribution in [0.15, 0.2) is 24.3 Å². The molecular formula is C14H21N3O2. The highest BCUT2D eigenvalue weighted by Crippen LogP contribution is 2.14. The van der Waals surface area contributed by atoms with Crippen molar-refractivity contribution in [2.24, 2.45) is 0 Å². The Morgan fingerprint density at radius 3 is 2.53 bits per heavy atom. The predicted molar refractivity (Wildman–Crippen MR) is 75.7 cm³/mol. The van der Waals surface area contributed by atoms with E-state index in [4.69, 9.17) is 0 Å². The second-order valence-corrected chi connectivity index (χ2v) is 4.66. The van der Waals surface area contributed by atoms with Crippen LogP contribution >= 0.6 is 0 Å². The van der Waals surface area contributed by atoms with E-state index in [0.717, 1.165) is 11.3 Å². The van der Waals surface area contributed by atoms with Gasteiger partial charge in [0.15, 0.2) is 0 Å². The smallest absolute Gasteiger partial charge is 0.234 e. The topological polar surface area (TPSA) is 70.2 Å². The lowest BCUT2D eigenvalue weighted by atomic mass is 10.1. The van der Waals surface area contributed by atoms with E-state index in [0.29, 0.717) is 6.54 Å². The van der Waals surface area contributed by atoms with Gasteiger partial charge < -0.3 is 16.0 Å². The van der Waals surface area contributed by atoms with Gasteiger partial charge in [-0.3, -0.25) is 9.59 Å². The van der Waals surface area contributed by atoms with Crippen LogP contribution in [0, 0.1) is 0 Å². The molecule has 0 saturated heterocycles. The summed E-state index contributed by atoms with van der Waals surface area (Å²) < 4.78 is 0. The molecule has 0 heterocycles. The highest BCUT2D eigenvalue weighted by atomic mass is 16.2. The quantitative estimate of drug-likeness (QED) is 0.723. The van der Waals surface area contributed by atoms with Crippen LogP contribution in [-0.2, 0) is 16.1 Å². The van der Waals surface area contributed by atoms with Gasteiger partial charge in [0, 0.05) is 25.2 Å². The number of rotatable bonds is 6. The van der Waals surface area contributed by atoms with Crippen molar-refractivity contribution >= 4 is 17.5 Å². The summed E-state index contributed by atoms with van der Waals surface area (Å²) in [5, 5.41) is 8.63. The fourth-order valence-electron chi connectivity index (χ4n) is 1.67. The van der Waals surface area contributed by atoms with Crippen molar-refractivity contribution < 1.29 is 9.59 Å². The van der Waals surface area contributed by atoms with Gasteiger partial charge in [0.1, 0.15) is 0 Å². The van der Waals surface area contributed by atoms with Crippen LogP contribution in [0.3, 0.4) is 0 Å². The molecule has 0 saturated carbocycles. The molecule has 2 amide bonds. The van der Waals surface area contributed by atoms with Gasteiger partial charge in [-0.2, -0.15) is 0 Å². The van der Waals surface area contributed by atoms with Gasteiger partial charge in [0.25, 0.3) is 0 Å². The minimum absolute atomic E-state index is 0.0352. The van der Waals surface area contributed by atoms with E-state index >= 15 is 0 Å². The van der Waals surface area contributed by atoms with Crippen LogP contribution in [0.1, 0.15) is 26.3 Å². The first-order valence-electron chi connectivity index (χ1n) is 6.34. The molecule has 1 aromatic carbocycles. The first-order valence-corrected chi connectivity index (χ1v) is 6.34. The van der Waals surface area contributed by atoms with Crippen LogP contribution in [-0.4, -0.2) is 24.4 Å². The summed E-state index contributed by atoms with van der Waals surface area (Å²) in [4.78, 5) is 22.5. The molecular weight excluding hydrogens is 242 g/mol. The van der Waals surface area contributed by atoms with E-state index in [9.17, 15) is 9.59 Å². The van der Waals surface area contributed by atoms with Gasteiger partial charge in [0.05, 0.1) is 6.54 Å². The maximum atomic E-state index is 11.5. The van der Waals surface area contributed by atoms with Gasteiger partial charge in [-0.05, 0) is 25.5 Å². The molecule has 3 N–H and O–H groups in total. The van der Waals surface area contributed by atoms with Crippen LogP contribution in [0.5, 0.6) is 0 Å². The average molecular weight is 263 g/mol. The Balaban J connectivity index is 2.49. The predicted octanol–water partition coefficient (Wildman–Crippen LogP) is 1.26. The third-order valence-corrected chi connectivity index (χ3v) is 2.38. The van der Waals surface area contributed by atoms with Crippen LogP contribution < -0.4 is 16.0 Å². The Hall–Kier alpha value is -1.88. The van der Waals surface area contributed by atoms with E-state index < -0.39 is 0 Å². The van der Waals surface area contributed by atoms with Crippen LogP contribution in [0.25, 0.3) is 0 Å². The van der Waals surface area contributed by atoms with E-state index in [1.54, 1.807) is 0 Å². The number of nitrogens with one attached hydrogen (secondary N) is 3. The molecule has 0 aliphatic heterocycles. The van der Waals surface area contributed by atoms with Crippen molar-refractivity contribution in [2.75, 3.05) is 11.9 Å². The third kappa shape index (κ3) is 6.01. The van der Waals surface area contributed by atoms with Gasteiger partial charge in [-0.25, -0.2) is 0 Å². The van der Waals surface area contributed by atoms with Gasteiger partial charge in [0.2, 0.25) is 11.8 Å². The fraction of sp³-hybridized carbons (Fsp3) is 0.429. The van der Waals surface area contributed by atoms with Crippen LogP contribution in [0.2, 0.25) is 0 Å². The Morgan fingerprint density at radius 2 is 1.89 bits per heavy atom. The summed E-state index contributed by atoms with van der Waals surface area (Å²) >= 11 is 0. The first kappa shape index (κ1) is 15.2. The summed E-state index contributed by atoms with van der Waals surface area (Å²) in [7, 11) is 0. The molecule has 5 nitrogen and oxygen atoms in total. The van der Waals surface area contributed by atoms with Crippen LogP contribution in [0.4, 0.5) is 5.69 Å². The lowest BCUT2D eigenvalue weighted by Gasteiger charge is -2.12. The molecule has 5 heteroatoms. The minimum atomic E-state index is -0.106. The number of hydrogen-bond donors (Lipinski definition) is 3. The summed E-state index contributed by atoms with van der Waals surface area (Å²) in [6, 6.07) is 7.66. The lowest BCUT2D eigenvalue weighted by Crippen LogP contribution is -2.37. The summed E-state index contributed by atoms with van der Waals surface area (Å²) in [6.07, 6.45) is 0. The Bertz CT molecular complexity index is 444. The molecule has 104 valence electrons. The normalized spacial score (nSPS) is 10.3. The average Bonchev–Trinajstić information content (AvgIpc) is 2.29. The SMILES string of the molecule is CC(=O)Nc1ccccc1CNCC(=O)NC(C)C. The standard InChI is InChI=1S/C14H21N3O2/c1-10(2)16-14(19)9-15-8-12-6-4-5-7-13(12)17-11(3)18/h4-7,10,15H,8-9H2,1-3H3,(H,16,19)(H,17,18). The van der Waals surface area contributed by atoms with Gasteiger partial charge in [-0.15, -0.1) is 0 Å². The Labute approximate surface area is 113 Å². The van der Waals surface area contributed by atoms with Crippen molar-refractivity contribution in [3.8, 4) is 0 Å². The maximum absolute atomic E-state index is 11.5. The largest absolute Gasteiger partial charge is 0.353 e. The van der Waals surface area contributed by atoms with Gasteiger partial charge >= 0.3 is 0 Å². The highest BCUT2D eigenvalue weighted by Gasteiger charge is 2.05. The zero-order valence-corrected chi connectivity index (χ0v) is 11.6. The number of para-hydroxylation sites is 1. The van der Waals surface area contributed by atoms with E-state index in [1.165, 1.54) is 6.92 Å². The number of carbonyl (C=O) groups excluding carboxylic acids is 2. The number of hydrogen-bond acceptors (Lipinski definition) is 3. The van der Waals surface area contributed by atoms with E-state index in [2.05, 4.69) is 16.0 Å². The number of anilines is 1. The molecule has 0 atom stereocenters. The zero-order chi connectivity index (χ0) is 14.3. The van der Waals surface area contributed by atoms with Crippen molar-refractivity contribution in [1.29, 1.82) is 0 Å². The number of benzene rings is 1.